The smallest absolute Gasteiger partial charge is 0.205 e. The first-order valence-electron chi connectivity index (χ1n) is 5.41. The van der Waals surface area contributed by atoms with Crippen molar-refractivity contribution in [3.8, 4) is 5.75 Å². The van der Waals surface area contributed by atoms with Gasteiger partial charge >= 0.3 is 0 Å². The maximum Gasteiger partial charge on any atom is 0.205 e. The summed E-state index contributed by atoms with van der Waals surface area (Å²) in [5, 5.41) is 5.32. The van der Waals surface area contributed by atoms with Gasteiger partial charge in [-0.3, -0.25) is 0 Å². The number of nitrogen functional groups attached to an aromatic ring is 1. The van der Waals surface area contributed by atoms with Crippen molar-refractivity contribution in [2.24, 2.45) is 5.84 Å². The topological polar surface area (TPSA) is 85.1 Å². The second-order valence-corrected chi connectivity index (χ2v) is 4.61. The predicted octanol–water partition coefficient (Wildman–Crippen LogP) is 2.01. The SMILES string of the molecule is COc1c(NN)ncnc1NC(C)c1cccs1. The van der Waals surface area contributed by atoms with Gasteiger partial charge in [0, 0.05) is 4.88 Å². The molecule has 0 fully saturated rings. The Morgan fingerprint density at radius 2 is 2.17 bits per heavy atom. The fourth-order valence-corrected chi connectivity index (χ4v) is 2.32. The minimum atomic E-state index is 0.138. The van der Waals surface area contributed by atoms with Crippen molar-refractivity contribution in [3.63, 3.8) is 0 Å². The number of nitrogens with one attached hydrogen (secondary N) is 2. The average molecular weight is 265 g/mol. The molecule has 0 saturated carbocycles. The standard InChI is InChI=1S/C11H15N5OS/c1-7(8-4-3-5-18-8)15-10-9(17-2)11(16-12)14-6-13-10/h3-7H,12H2,1-2H3,(H2,13,14,15,16). The van der Waals surface area contributed by atoms with E-state index in [1.807, 2.05) is 11.4 Å². The highest BCUT2D eigenvalue weighted by Gasteiger charge is 2.14. The Kier molecular flexibility index (Phi) is 3.96. The van der Waals surface area contributed by atoms with Crippen LogP contribution in [0.2, 0.25) is 0 Å². The van der Waals surface area contributed by atoms with Gasteiger partial charge in [0.15, 0.2) is 11.6 Å². The van der Waals surface area contributed by atoms with Crippen molar-refractivity contribution in [1.29, 1.82) is 0 Å². The van der Waals surface area contributed by atoms with E-state index in [0.717, 1.165) is 0 Å². The van der Waals surface area contributed by atoms with E-state index < -0.39 is 0 Å². The summed E-state index contributed by atoms with van der Waals surface area (Å²) in [5.41, 5.74) is 2.48. The van der Waals surface area contributed by atoms with E-state index in [1.165, 1.54) is 11.2 Å². The van der Waals surface area contributed by atoms with Crippen molar-refractivity contribution >= 4 is 23.0 Å². The first kappa shape index (κ1) is 12.6. The largest absolute Gasteiger partial charge is 0.490 e. The molecule has 2 rings (SSSR count). The van der Waals surface area contributed by atoms with Crippen LogP contribution >= 0.6 is 11.3 Å². The summed E-state index contributed by atoms with van der Waals surface area (Å²) in [6.45, 7) is 2.06. The van der Waals surface area contributed by atoms with Crippen molar-refractivity contribution in [2.45, 2.75) is 13.0 Å². The van der Waals surface area contributed by atoms with Crippen LogP contribution in [0.1, 0.15) is 17.8 Å². The first-order valence-corrected chi connectivity index (χ1v) is 6.29. The van der Waals surface area contributed by atoms with Crippen molar-refractivity contribution < 1.29 is 4.74 Å². The van der Waals surface area contributed by atoms with E-state index in [0.29, 0.717) is 17.4 Å². The molecule has 2 aromatic heterocycles. The number of hydrazine groups is 1. The molecule has 0 aromatic carbocycles. The normalized spacial score (nSPS) is 11.9. The molecular formula is C11H15N5OS. The minimum absolute atomic E-state index is 0.138. The zero-order chi connectivity index (χ0) is 13.0. The minimum Gasteiger partial charge on any atom is -0.490 e. The lowest BCUT2D eigenvalue weighted by molar-refractivity contribution is 0.414. The molecule has 1 atom stereocenters. The Morgan fingerprint density at radius 1 is 1.39 bits per heavy atom. The van der Waals surface area contributed by atoms with Crippen molar-refractivity contribution in [3.05, 3.63) is 28.7 Å². The highest BCUT2D eigenvalue weighted by Crippen LogP contribution is 2.31. The molecule has 4 N–H and O–H groups in total. The number of nitrogens with zero attached hydrogens (tertiary/aromatic N) is 2. The molecule has 2 heterocycles. The number of ether oxygens (including phenoxy) is 1. The molecule has 96 valence electrons. The lowest BCUT2D eigenvalue weighted by atomic mass is 10.2. The van der Waals surface area contributed by atoms with Crippen LogP contribution in [-0.4, -0.2) is 17.1 Å². The summed E-state index contributed by atoms with van der Waals surface area (Å²) in [7, 11) is 1.56. The van der Waals surface area contributed by atoms with E-state index in [2.05, 4.69) is 33.7 Å². The maximum absolute atomic E-state index is 5.37. The van der Waals surface area contributed by atoms with Crippen LogP contribution in [0.15, 0.2) is 23.8 Å². The number of hydrogen-bond donors (Lipinski definition) is 3. The van der Waals surface area contributed by atoms with E-state index in [4.69, 9.17) is 10.6 Å². The van der Waals surface area contributed by atoms with Crippen LogP contribution in [0.3, 0.4) is 0 Å². The zero-order valence-corrected chi connectivity index (χ0v) is 11.0. The summed E-state index contributed by atoms with van der Waals surface area (Å²) in [6, 6.07) is 4.22. The fourth-order valence-electron chi connectivity index (χ4n) is 1.59. The molecular weight excluding hydrogens is 250 g/mol. The quantitative estimate of drug-likeness (QED) is 0.566. The maximum atomic E-state index is 5.37. The Balaban J connectivity index is 2.23. The van der Waals surface area contributed by atoms with Crippen LogP contribution in [0.5, 0.6) is 5.75 Å². The van der Waals surface area contributed by atoms with Gasteiger partial charge in [-0.15, -0.1) is 11.3 Å². The molecule has 6 nitrogen and oxygen atoms in total. The van der Waals surface area contributed by atoms with Crippen molar-refractivity contribution in [1.82, 2.24) is 9.97 Å². The molecule has 7 heteroatoms. The third-order valence-electron chi connectivity index (χ3n) is 2.47. The van der Waals surface area contributed by atoms with E-state index in [1.54, 1.807) is 18.4 Å². The van der Waals surface area contributed by atoms with Gasteiger partial charge in [-0.1, -0.05) is 6.07 Å². The molecule has 0 aliphatic carbocycles. The van der Waals surface area contributed by atoms with Gasteiger partial charge in [-0.2, -0.15) is 0 Å². The van der Waals surface area contributed by atoms with E-state index >= 15 is 0 Å². The number of anilines is 2. The van der Waals surface area contributed by atoms with Crippen molar-refractivity contribution in [2.75, 3.05) is 17.9 Å². The Labute approximate surface area is 109 Å². The molecule has 0 radical (unpaired) electrons. The summed E-state index contributed by atoms with van der Waals surface area (Å²) in [4.78, 5) is 9.38. The molecule has 0 saturated heterocycles. The van der Waals surface area contributed by atoms with Crippen LogP contribution in [0, 0.1) is 0 Å². The summed E-state index contributed by atoms with van der Waals surface area (Å²) < 4.78 is 5.26. The lowest BCUT2D eigenvalue weighted by Gasteiger charge is -2.16. The third kappa shape index (κ3) is 2.52. The fraction of sp³-hybridized carbons (Fsp3) is 0.273. The number of aromatic nitrogens is 2. The van der Waals surface area contributed by atoms with Gasteiger partial charge in [-0.25, -0.2) is 15.8 Å². The number of methoxy groups -OCH3 is 1. The van der Waals surface area contributed by atoms with Crippen LogP contribution in [-0.2, 0) is 0 Å². The zero-order valence-electron chi connectivity index (χ0n) is 10.2. The Morgan fingerprint density at radius 3 is 2.78 bits per heavy atom. The summed E-state index contributed by atoms with van der Waals surface area (Å²) in [5.74, 6) is 6.94. The molecule has 1 unspecified atom stereocenters. The van der Waals surface area contributed by atoms with Gasteiger partial charge < -0.3 is 15.5 Å². The molecule has 2 aromatic rings. The summed E-state index contributed by atoms with van der Waals surface area (Å²) >= 11 is 1.69. The second-order valence-electron chi connectivity index (χ2n) is 3.63. The highest BCUT2D eigenvalue weighted by molar-refractivity contribution is 7.10. The molecule has 0 spiro atoms. The van der Waals surface area contributed by atoms with Gasteiger partial charge in [0.05, 0.1) is 13.2 Å². The Hall–Kier alpha value is -1.86. The monoisotopic (exact) mass is 265 g/mol. The van der Waals surface area contributed by atoms with E-state index in [-0.39, 0.29) is 6.04 Å². The van der Waals surface area contributed by atoms with Crippen LogP contribution < -0.4 is 21.3 Å². The molecule has 18 heavy (non-hydrogen) atoms. The molecule has 0 aliphatic rings. The summed E-state index contributed by atoms with van der Waals surface area (Å²) in [6.07, 6.45) is 1.43. The number of nitrogens with two attached hydrogens (primary N) is 1. The molecule has 0 aliphatic heterocycles. The van der Waals surface area contributed by atoms with E-state index in [9.17, 15) is 0 Å². The Bertz CT molecular complexity index is 502. The van der Waals surface area contributed by atoms with Gasteiger partial charge in [0.2, 0.25) is 5.75 Å². The van der Waals surface area contributed by atoms with Crippen LogP contribution in [0.25, 0.3) is 0 Å². The highest BCUT2D eigenvalue weighted by atomic mass is 32.1. The van der Waals surface area contributed by atoms with Crippen LogP contribution in [0.4, 0.5) is 11.6 Å². The third-order valence-corrected chi connectivity index (χ3v) is 3.52. The van der Waals surface area contributed by atoms with Gasteiger partial charge in [0.25, 0.3) is 0 Å². The lowest BCUT2D eigenvalue weighted by Crippen LogP contribution is -2.13. The number of thiophene rings is 1. The second kappa shape index (κ2) is 5.65. The molecule has 0 amide bonds. The predicted molar refractivity (Wildman–Crippen MR) is 72.8 cm³/mol. The first-order chi connectivity index (χ1) is 8.76. The average Bonchev–Trinajstić information content (AvgIpc) is 2.92. The van der Waals surface area contributed by atoms with Gasteiger partial charge in [0.1, 0.15) is 6.33 Å². The number of rotatable bonds is 5. The molecule has 0 bridgehead atoms. The number of hydrogen-bond acceptors (Lipinski definition) is 7. The van der Waals surface area contributed by atoms with Gasteiger partial charge in [-0.05, 0) is 18.4 Å².